The summed E-state index contributed by atoms with van der Waals surface area (Å²) in [4.78, 5) is 11.4. The molecule has 2 aromatic heterocycles. The van der Waals surface area contributed by atoms with E-state index in [1.54, 1.807) is 0 Å². The number of anilines is 3. The van der Waals surface area contributed by atoms with Crippen molar-refractivity contribution in [3.63, 3.8) is 0 Å². The van der Waals surface area contributed by atoms with Crippen molar-refractivity contribution in [1.29, 1.82) is 0 Å². The second-order valence-electron chi connectivity index (χ2n) is 6.77. The standard InChI is InChI=1S/C19H23N5/c1-13-6-8-20-17(10-13)22-18-11-14-7-9-24(2)12-16(14)19(23-18)21-15-4-3-5-15/h6-11,15H,3-5,12H2,1-2H3,(H2,20,21,22,23). The van der Waals surface area contributed by atoms with Crippen LogP contribution in [0.3, 0.4) is 0 Å². The Labute approximate surface area is 142 Å². The maximum Gasteiger partial charge on any atom is 0.134 e. The van der Waals surface area contributed by atoms with Crippen LogP contribution in [0.1, 0.15) is 36.0 Å². The van der Waals surface area contributed by atoms with Crippen LogP contribution >= 0.6 is 0 Å². The Bertz CT molecular complexity index is 779. The minimum Gasteiger partial charge on any atom is -0.376 e. The molecule has 0 aromatic carbocycles. The van der Waals surface area contributed by atoms with Crippen LogP contribution in [0.4, 0.5) is 17.5 Å². The van der Waals surface area contributed by atoms with Gasteiger partial charge in [0, 0.05) is 31.4 Å². The SMILES string of the molecule is Cc1ccnc(Nc2cc3c(c(NC4CCC4)n2)CN(C)C=C3)c1. The number of fused-ring (bicyclic) bond motifs is 1. The molecule has 3 heterocycles. The molecule has 0 atom stereocenters. The topological polar surface area (TPSA) is 53.1 Å². The average molecular weight is 321 g/mol. The predicted molar refractivity (Wildman–Crippen MR) is 98.3 cm³/mol. The van der Waals surface area contributed by atoms with Crippen molar-refractivity contribution < 1.29 is 0 Å². The molecule has 2 aromatic rings. The Morgan fingerprint density at radius 1 is 1.21 bits per heavy atom. The lowest BCUT2D eigenvalue weighted by Crippen LogP contribution is -2.29. The first-order valence-electron chi connectivity index (χ1n) is 8.56. The van der Waals surface area contributed by atoms with Crippen molar-refractivity contribution in [3.8, 4) is 0 Å². The summed E-state index contributed by atoms with van der Waals surface area (Å²) in [6.07, 6.45) is 9.87. The summed E-state index contributed by atoms with van der Waals surface area (Å²) in [6.45, 7) is 2.95. The molecular formula is C19H23N5. The van der Waals surface area contributed by atoms with Gasteiger partial charge >= 0.3 is 0 Å². The van der Waals surface area contributed by atoms with Crippen molar-refractivity contribution in [2.75, 3.05) is 17.7 Å². The van der Waals surface area contributed by atoms with Crippen LogP contribution in [0.2, 0.25) is 0 Å². The maximum absolute atomic E-state index is 4.84. The van der Waals surface area contributed by atoms with Crippen LogP contribution in [0, 0.1) is 6.92 Å². The van der Waals surface area contributed by atoms with Gasteiger partial charge in [0.2, 0.25) is 0 Å². The predicted octanol–water partition coefficient (Wildman–Crippen LogP) is 3.91. The summed E-state index contributed by atoms with van der Waals surface area (Å²) in [5.41, 5.74) is 3.68. The normalized spacial score (nSPS) is 16.5. The van der Waals surface area contributed by atoms with E-state index in [0.717, 1.165) is 24.0 Å². The van der Waals surface area contributed by atoms with E-state index < -0.39 is 0 Å². The first kappa shape index (κ1) is 15.0. The number of rotatable bonds is 4. The molecule has 1 fully saturated rings. The van der Waals surface area contributed by atoms with E-state index >= 15 is 0 Å². The van der Waals surface area contributed by atoms with E-state index in [4.69, 9.17) is 4.98 Å². The molecule has 0 unspecified atom stereocenters. The molecule has 0 amide bonds. The molecule has 5 heteroatoms. The van der Waals surface area contributed by atoms with Gasteiger partial charge in [0.05, 0.1) is 0 Å². The Morgan fingerprint density at radius 3 is 2.83 bits per heavy atom. The second kappa shape index (κ2) is 6.15. The molecule has 0 radical (unpaired) electrons. The molecule has 0 bridgehead atoms. The van der Waals surface area contributed by atoms with Gasteiger partial charge in [-0.2, -0.15) is 0 Å². The first-order chi connectivity index (χ1) is 11.7. The van der Waals surface area contributed by atoms with Crippen LogP contribution in [0.25, 0.3) is 6.08 Å². The van der Waals surface area contributed by atoms with Gasteiger partial charge in [-0.25, -0.2) is 9.97 Å². The van der Waals surface area contributed by atoms with Crippen molar-refractivity contribution in [3.05, 3.63) is 47.3 Å². The fourth-order valence-electron chi connectivity index (χ4n) is 3.08. The first-order valence-corrected chi connectivity index (χ1v) is 8.56. The Morgan fingerprint density at radius 2 is 2.08 bits per heavy atom. The zero-order valence-corrected chi connectivity index (χ0v) is 14.2. The Hall–Kier alpha value is -2.56. The maximum atomic E-state index is 4.84. The minimum absolute atomic E-state index is 0.560. The molecule has 2 N–H and O–H groups in total. The van der Waals surface area contributed by atoms with Crippen molar-refractivity contribution in [2.24, 2.45) is 0 Å². The Balaban J connectivity index is 1.67. The van der Waals surface area contributed by atoms with Crippen LogP contribution in [0.15, 0.2) is 30.6 Å². The lowest BCUT2D eigenvalue weighted by Gasteiger charge is -2.30. The van der Waals surface area contributed by atoms with E-state index in [9.17, 15) is 0 Å². The zero-order valence-electron chi connectivity index (χ0n) is 14.2. The van der Waals surface area contributed by atoms with Gasteiger partial charge < -0.3 is 15.5 Å². The molecule has 1 aliphatic carbocycles. The molecule has 4 rings (SSSR count). The number of pyridine rings is 2. The van der Waals surface area contributed by atoms with E-state index in [-0.39, 0.29) is 0 Å². The van der Waals surface area contributed by atoms with Gasteiger partial charge in [-0.3, -0.25) is 0 Å². The number of aromatic nitrogens is 2. The summed E-state index contributed by atoms with van der Waals surface area (Å²) in [5, 5.41) is 6.98. The highest BCUT2D eigenvalue weighted by molar-refractivity contribution is 5.69. The average Bonchev–Trinajstić information content (AvgIpc) is 2.51. The van der Waals surface area contributed by atoms with E-state index in [0.29, 0.717) is 6.04 Å². The van der Waals surface area contributed by atoms with Gasteiger partial charge in [0.15, 0.2) is 0 Å². The summed E-state index contributed by atoms with van der Waals surface area (Å²) in [6, 6.07) is 6.69. The van der Waals surface area contributed by atoms with Crippen LogP contribution in [-0.2, 0) is 6.54 Å². The monoisotopic (exact) mass is 321 g/mol. The van der Waals surface area contributed by atoms with Crippen molar-refractivity contribution in [2.45, 2.75) is 38.8 Å². The molecule has 0 saturated heterocycles. The number of hydrogen-bond donors (Lipinski definition) is 2. The van der Waals surface area contributed by atoms with Gasteiger partial charge in [-0.05, 0) is 67.8 Å². The number of hydrogen-bond acceptors (Lipinski definition) is 5. The second-order valence-corrected chi connectivity index (χ2v) is 6.77. The van der Waals surface area contributed by atoms with Gasteiger partial charge in [0.1, 0.15) is 17.5 Å². The molecule has 1 aliphatic heterocycles. The molecule has 24 heavy (non-hydrogen) atoms. The molecular weight excluding hydrogens is 298 g/mol. The number of aryl methyl sites for hydroxylation is 1. The summed E-state index contributed by atoms with van der Waals surface area (Å²) in [5.74, 6) is 2.67. The lowest BCUT2D eigenvalue weighted by molar-refractivity contribution is 0.435. The highest BCUT2D eigenvalue weighted by Crippen LogP contribution is 2.31. The van der Waals surface area contributed by atoms with Crippen LogP contribution < -0.4 is 10.6 Å². The molecule has 0 spiro atoms. The van der Waals surface area contributed by atoms with E-state index in [1.165, 1.54) is 36.0 Å². The third kappa shape index (κ3) is 3.07. The summed E-state index contributed by atoms with van der Waals surface area (Å²) in [7, 11) is 2.09. The highest BCUT2D eigenvalue weighted by atomic mass is 15.1. The third-order valence-corrected chi connectivity index (χ3v) is 4.69. The number of nitrogens with one attached hydrogen (secondary N) is 2. The molecule has 124 valence electrons. The van der Waals surface area contributed by atoms with Crippen molar-refractivity contribution >= 4 is 23.5 Å². The smallest absolute Gasteiger partial charge is 0.134 e. The van der Waals surface area contributed by atoms with Gasteiger partial charge in [-0.1, -0.05) is 0 Å². The molecule has 2 aliphatic rings. The highest BCUT2D eigenvalue weighted by Gasteiger charge is 2.22. The van der Waals surface area contributed by atoms with Gasteiger partial charge in [-0.15, -0.1) is 0 Å². The van der Waals surface area contributed by atoms with E-state index in [1.807, 2.05) is 18.3 Å². The fraction of sp³-hybridized carbons (Fsp3) is 0.368. The lowest BCUT2D eigenvalue weighted by atomic mass is 9.92. The Kier molecular flexibility index (Phi) is 3.84. The largest absolute Gasteiger partial charge is 0.376 e. The minimum atomic E-state index is 0.560. The summed E-state index contributed by atoms with van der Waals surface area (Å²) >= 11 is 0. The molecule has 5 nitrogen and oxygen atoms in total. The van der Waals surface area contributed by atoms with E-state index in [2.05, 4.69) is 52.8 Å². The van der Waals surface area contributed by atoms with Crippen molar-refractivity contribution in [1.82, 2.24) is 14.9 Å². The van der Waals surface area contributed by atoms with Crippen LogP contribution in [0.5, 0.6) is 0 Å². The fourth-order valence-corrected chi connectivity index (χ4v) is 3.08. The number of nitrogens with zero attached hydrogens (tertiary/aromatic N) is 3. The zero-order chi connectivity index (χ0) is 16.5. The quantitative estimate of drug-likeness (QED) is 0.894. The van der Waals surface area contributed by atoms with Crippen LogP contribution in [-0.4, -0.2) is 28.0 Å². The molecule has 1 saturated carbocycles. The van der Waals surface area contributed by atoms with Gasteiger partial charge in [0.25, 0.3) is 0 Å². The summed E-state index contributed by atoms with van der Waals surface area (Å²) < 4.78 is 0. The third-order valence-electron chi connectivity index (χ3n) is 4.69.